The summed E-state index contributed by atoms with van der Waals surface area (Å²) >= 11 is 1.31. The van der Waals surface area contributed by atoms with Crippen molar-refractivity contribution in [2.75, 3.05) is 0 Å². The van der Waals surface area contributed by atoms with Gasteiger partial charge in [0.2, 0.25) is 0 Å². The minimum absolute atomic E-state index is 0.191. The Morgan fingerprint density at radius 2 is 0.735 bits per heavy atom. The molecule has 18 rings (SSSR count). The highest BCUT2D eigenvalue weighted by molar-refractivity contribution is 7.26. The van der Waals surface area contributed by atoms with Crippen LogP contribution in [0.25, 0.3) is 163 Å². The third kappa shape index (κ3) is 6.07. The molecule has 0 atom stereocenters. The smallest absolute Gasteiger partial charge is 0.104 e. The summed E-state index contributed by atoms with van der Waals surface area (Å²) in [6.45, 7) is 0. The van der Waals surface area contributed by atoms with Crippen molar-refractivity contribution >= 4 is 140 Å². The Morgan fingerprint density at radius 1 is 0.325 bits per heavy atom. The third-order valence-corrected chi connectivity index (χ3v) is 17.2. The average Bonchev–Trinajstić information content (AvgIpc) is 1.52. The van der Waals surface area contributed by atoms with Crippen molar-refractivity contribution in [2.45, 2.75) is 0 Å². The lowest BCUT2D eigenvalue weighted by molar-refractivity contribution is 1.03. The van der Waals surface area contributed by atoms with E-state index in [1.165, 1.54) is 11.3 Å². The van der Waals surface area contributed by atoms with E-state index >= 15 is 0 Å². The van der Waals surface area contributed by atoms with E-state index in [-0.39, 0.29) is 11.0 Å². The molecule has 83 heavy (non-hydrogen) atoms. The number of aromatic nitrogens is 4. The maximum atomic E-state index is 13.4. The van der Waals surface area contributed by atoms with Crippen LogP contribution in [0.2, 0.25) is 0 Å². The number of rotatable bonds is 5. The van der Waals surface area contributed by atoms with Gasteiger partial charge in [0.05, 0.1) is 104 Å². The monoisotopic (exact) mass is 1090 g/mol. The topological polar surface area (TPSA) is 67.3 Å². The van der Waals surface area contributed by atoms with Crippen LogP contribution < -0.4 is 0 Å². The van der Waals surface area contributed by atoms with Crippen molar-refractivity contribution in [3.05, 3.63) is 265 Å². The molecule has 18 aromatic rings. The normalized spacial score (nSPS) is 16.1. The van der Waals surface area contributed by atoms with E-state index in [1.54, 1.807) is 16.7 Å². The molecule has 0 aliphatic rings. The Bertz CT molecular complexity index is 7250. The molecule has 13 aromatic carbocycles. The minimum atomic E-state index is -0.985. The molecule has 0 amide bonds. The number of para-hydroxylation sites is 6. The number of nitrogens with zero attached hydrogens (tertiary/aromatic N) is 6. The van der Waals surface area contributed by atoms with Crippen molar-refractivity contribution in [1.82, 2.24) is 18.3 Å². The minimum Gasteiger partial charge on any atom is -0.306 e. The van der Waals surface area contributed by atoms with E-state index in [4.69, 9.17) is 2.74 Å². The second-order valence-corrected chi connectivity index (χ2v) is 20.9. The zero-order valence-corrected chi connectivity index (χ0v) is 43.3. The Balaban J connectivity index is 1.25. The molecule has 6 nitrogen and oxygen atoms in total. The van der Waals surface area contributed by atoms with Crippen molar-refractivity contribution < 1.29 is 32.9 Å². The zero-order valence-electron chi connectivity index (χ0n) is 66.5. The fraction of sp³-hybridized carbons (Fsp3) is 0. The standard InChI is InChI=1S/C76H42N6S/c77-43-60-71(79-62-32-12-5-24-49(62)50-25-6-13-33-63(50)79)72(80-64-34-14-7-26-51(64)52-27-8-15-35-65(52)80)61(44-78)74(73(60)81-66-36-16-9-28-53(66)54-29-10-17-37-67(54)81)82-68-38-19-31-56(59-42-45-20-1-2-21-46(45)47-22-3-4-23-48(47)59)70(68)58-41-40-57-55-30-11-18-39-69(55)83-76(57)75(58)82/h1-42H/i5D,6D,7D,8D,9D,10D,12D,13D,14D,15D,16D,17D,24D,25D,26D,27D,28D,29D,32D,33D,34D,35D,36D,37D. The first kappa shape index (κ1) is 28.3. The highest BCUT2D eigenvalue weighted by atomic mass is 32.1. The van der Waals surface area contributed by atoms with Crippen LogP contribution in [-0.4, -0.2) is 18.3 Å². The van der Waals surface area contributed by atoms with Gasteiger partial charge in [0, 0.05) is 58.6 Å². The van der Waals surface area contributed by atoms with Crippen molar-refractivity contribution in [2.24, 2.45) is 0 Å². The van der Waals surface area contributed by atoms with Gasteiger partial charge in [0.1, 0.15) is 23.3 Å². The van der Waals surface area contributed by atoms with Gasteiger partial charge in [-0.3, -0.25) is 0 Å². The molecule has 382 valence electrons. The van der Waals surface area contributed by atoms with Crippen LogP contribution in [0.3, 0.4) is 0 Å². The second-order valence-electron chi connectivity index (χ2n) is 19.9. The van der Waals surface area contributed by atoms with E-state index < -0.39 is 244 Å². The summed E-state index contributed by atoms with van der Waals surface area (Å²) in [5.74, 6) is 0. The molecule has 0 unspecified atom stereocenters. The van der Waals surface area contributed by atoms with E-state index in [2.05, 4.69) is 12.1 Å². The number of nitriles is 2. The molecule has 0 aliphatic carbocycles. The molecule has 0 radical (unpaired) electrons. The maximum Gasteiger partial charge on any atom is 0.104 e. The number of fused-ring (bicyclic) bond motifs is 19. The Kier molecular flexibility index (Phi) is 5.84. The van der Waals surface area contributed by atoms with Gasteiger partial charge in [-0.1, -0.05) is 200 Å². The van der Waals surface area contributed by atoms with Gasteiger partial charge in [-0.15, -0.1) is 11.3 Å². The molecule has 5 heterocycles. The SMILES string of the molecule is [2H]c1c([2H])c([2H])c2c(c1[2H])c1c([2H])c([2H])c([2H])c([2H])c1n2-c1c(C#N)c(-n2c3c([2H])c([2H])c([2H])c([2H])c3c3c([2H])c([2H])c([2H])c([2H])c32)c(-n2c3cccc(-c4cc5ccccc5c5ccccc45)c3c3ccc4c5ccccc5sc4c32)c(C#N)c1-n1c2c([2H])c([2H])c([2H])c([2H])c2c2c([2H])c([2H])c([2H])c([2H])c21. The van der Waals surface area contributed by atoms with E-state index in [0.29, 0.717) is 32.0 Å². The summed E-state index contributed by atoms with van der Waals surface area (Å²) in [6, 6.07) is 16.7. The Labute approximate surface area is 511 Å². The molecular weight excluding hydrogens is 1030 g/mol. The van der Waals surface area contributed by atoms with Crippen LogP contribution in [0.4, 0.5) is 0 Å². The highest BCUT2D eigenvalue weighted by Gasteiger charge is 2.35. The molecule has 0 spiro atoms. The molecule has 0 saturated heterocycles. The number of hydrogen-bond donors (Lipinski definition) is 0. The van der Waals surface area contributed by atoms with Gasteiger partial charge in [0.15, 0.2) is 0 Å². The fourth-order valence-electron chi connectivity index (χ4n) is 12.8. The van der Waals surface area contributed by atoms with E-state index in [9.17, 15) is 40.7 Å². The van der Waals surface area contributed by atoms with Crippen LogP contribution in [0.1, 0.15) is 44.0 Å². The van der Waals surface area contributed by atoms with Crippen molar-refractivity contribution in [3.63, 3.8) is 0 Å². The summed E-state index contributed by atoms with van der Waals surface area (Å²) < 4.78 is 236. The van der Waals surface area contributed by atoms with Gasteiger partial charge in [-0.25, -0.2) is 0 Å². The van der Waals surface area contributed by atoms with Gasteiger partial charge in [0.25, 0.3) is 0 Å². The first-order valence-corrected chi connectivity index (χ1v) is 26.8. The maximum absolute atomic E-state index is 13.4. The van der Waals surface area contributed by atoms with Crippen LogP contribution in [0.15, 0.2) is 254 Å². The quantitative estimate of drug-likeness (QED) is 0.161. The van der Waals surface area contributed by atoms with Crippen LogP contribution in [0.5, 0.6) is 0 Å². The van der Waals surface area contributed by atoms with E-state index in [0.717, 1.165) is 45.3 Å². The number of benzene rings is 13. The predicted molar refractivity (Wildman–Crippen MR) is 347 cm³/mol. The number of thiophene rings is 1. The van der Waals surface area contributed by atoms with Gasteiger partial charge < -0.3 is 18.3 Å². The van der Waals surface area contributed by atoms with Gasteiger partial charge >= 0.3 is 0 Å². The molecule has 0 aliphatic heterocycles. The summed E-state index contributed by atoms with van der Waals surface area (Å²) in [5.41, 5.74) is -7.11. The van der Waals surface area contributed by atoms with Crippen LogP contribution >= 0.6 is 11.3 Å². The fourth-order valence-corrected chi connectivity index (χ4v) is 14.0. The highest BCUT2D eigenvalue weighted by Crippen LogP contribution is 2.52. The summed E-state index contributed by atoms with van der Waals surface area (Å²) in [4.78, 5) is 0. The summed E-state index contributed by atoms with van der Waals surface area (Å²) in [7, 11) is 0. The summed E-state index contributed by atoms with van der Waals surface area (Å²) in [6.07, 6.45) is 0. The first-order chi connectivity index (χ1) is 51.1. The molecule has 7 heteroatoms. The molecule has 0 N–H and O–H groups in total. The summed E-state index contributed by atoms with van der Waals surface area (Å²) in [5, 5.41) is 29.0. The zero-order chi connectivity index (χ0) is 75.5. The molecule has 0 saturated carbocycles. The van der Waals surface area contributed by atoms with E-state index in [1.807, 2.05) is 97.1 Å². The van der Waals surface area contributed by atoms with Gasteiger partial charge in [-0.2, -0.15) is 10.5 Å². The van der Waals surface area contributed by atoms with Crippen molar-refractivity contribution in [3.8, 4) is 46.0 Å². The average molecular weight is 1100 g/mol. The Morgan fingerprint density at radius 3 is 1.23 bits per heavy atom. The number of hydrogen-bond acceptors (Lipinski definition) is 3. The lowest BCUT2D eigenvalue weighted by atomic mass is 9.91. The molecule has 5 aromatic heterocycles. The predicted octanol–water partition coefficient (Wildman–Crippen LogP) is 20.2. The van der Waals surface area contributed by atoms with Crippen LogP contribution in [-0.2, 0) is 0 Å². The van der Waals surface area contributed by atoms with Gasteiger partial charge in [-0.05, 0) is 87.1 Å². The van der Waals surface area contributed by atoms with Crippen molar-refractivity contribution in [1.29, 1.82) is 10.5 Å². The molecular formula is C76H42N6S. The first-order valence-electron chi connectivity index (χ1n) is 38.0. The molecule has 0 bridgehead atoms. The third-order valence-electron chi connectivity index (χ3n) is 16.0. The lowest BCUT2D eigenvalue weighted by Gasteiger charge is -2.27. The van der Waals surface area contributed by atoms with Crippen LogP contribution in [0, 0.1) is 22.7 Å². The lowest BCUT2D eigenvalue weighted by Crippen LogP contribution is -2.16. The molecule has 0 fully saturated rings. The second kappa shape index (κ2) is 17.1. The largest absolute Gasteiger partial charge is 0.306 e. The Hall–Kier alpha value is -11.2.